The minimum Gasteiger partial charge on any atom is -0.507 e. The summed E-state index contributed by atoms with van der Waals surface area (Å²) in [6.45, 7) is 0. The molecule has 1 aromatic carbocycles. The Morgan fingerprint density at radius 1 is 1.50 bits per heavy atom. The molecule has 0 amide bonds. The third kappa shape index (κ3) is 1.60. The molecule has 0 atom stereocenters. The fraction of sp³-hybridized carbons (Fsp3) is 0.200. The van der Waals surface area contributed by atoms with Crippen LogP contribution in [0, 0.1) is 0 Å². The predicted octanol–water partition coefficient (Wildman–Crippen LogP) is 4.07. The SMILES string of the molecule is CSc1ccc(O)c2cc(CCl)sc12. The molecular formula is C10H9ClOS2. The van der Waals surface area contributed by atoms with Gasteiger partial charge in [-0.2, -0.15) is 0 Å². The Kier molecular flexibility index (Phi) is 2.91. The van der Waals surface area contributed by atoms with Crippen LogP contribution in [-0.2, 0) is 5.88 Å². The quantitative estimate of drug-likeness (QED) is 0.635. The normalized spacial score (nSPS) is 11.0. The summed E-state index contributed by atoms with van der Waals surface area (Å²) in [7, 11) is 0. The van der Waals surface area contributed by atoms with E-state index in [1.807, 2.05) is 18.4 Å². The lowest BCUT2D eigenvalue weighted by atomic mass is 10.2. The van der Waals surface area contributed by atoms with Gasteiger partial charge in [0.1, 0.15) is 5.75 Å². The number of rotatable bonds is 2. The molecule has 2 rings (SSSR count). The maximum atomic E-state index is 9.65. The molecule has 0 aliphatic carbocycles. The molecule has 0 radical (unpaired) electrons. The fourth-order valence-corrected chi connectivity index (χ4v) is 3.41. The molecule has 0 unspecified atom stereocenters. The second kappa shape index (κ2) is 4.01. The van der Waals surface area contributed by atoms with Crippen LogP contribution in [0.1, 0.15) is 4.88 Å². The zero-order valence-corrected chi connectivity index (χ0v) is 9.97. The lowest BCUT2D eigenvalue weighted by Gasteiger charge is -1.99. The van der Waals surface area contributed by atoms with Crippen LogP contribution in [0.25, 0.3) is 10.1 Å². The third-order valence-corrected chi connectivity index (χ3v) is 4.55. The highest BCUT2D eigenvalue weighted by Gasteiger charge is 2.08. The van der Waals surface area contributed by atoms with Crippen molar-refractivity contribution in [3.63, 3.8) is 0 Å². The predicted molar refractivity (Wildman–Crippen MR) is 64.8 cm³/mol. The number of phenolic OH excluding ortho intramolecular Hbond substituents is 1. The summed E-state index contributed by atoms with van der Waals surface area (Å²) in [5.74, 6) is 0.845. The number of benzene rings is 1. The highest BCUT2D eigenvalue weighted by molar-refractivity contribution is 7.99. The monoisotopic (exact) mass is 244 g/mol. The van der Waals surface area contributed by atoms with Crippen LogP contribution in [0.2, 0.25) is 0 Å². The number of phenols is 1. The first-order valence-electron chi connectivity index (χ1n) is 4.10. The maximum Gasteiger partial charge on any atom is 0.124 e. The van der Waals surface area contributed by atoms with Gasteiger partial charge in [-0.3, -0.25) is 0 Å². The van der Waals surface area contributed by atoms with E-state index in [9.17, 15) is 5.11 Å². The molecule has 0 saturated carbocycles. The van der Waals surface area contributed by atoms with Crippen molar-refractivity contribution in [2.75, 3.05) is 6.26 Å². The number of thiophene rings is 1. The van der Waals surface area contributed by atoms with Crippen molar-refractivity contribution < 1.29 is 5.11 Å². The first kappa shape index (κ1) is 10.1. The molecule has 0 saturated heterocycles. The average molecular weight is 245 g/mol. The van der Waals surface area contributed by atoms with Crippen molar-refractivity contribution in [1.82, 2.24) is 0 Å². The van der Waals surface area contributed by atoms with Gasteiger partial charge in [-0.05, 0) is 24.5 Å². The van der Waals surface area contributed by atoms with Gasteiger partial charge < -0.3 is 5.11 Å². The van der Waals surface area contributed by atoms with E-state index < -0.39 is 0 Å². The van der Waals surface area contributed by atoms with E-state index in [4.69, 9.17) is 11.6 Å². The Bertz CT molecular complexity index is 464. The summed E-state index contributed by atoms with van der Waals surface area (Å²) in [6.07, 6.45) is 2.03. The van der Waals surface area contributed by atoms with Gasteiger partial charge in [0, 0.05) is 15.2 Å². The molecule has 4 heteroatoms. The van der Waals surface area contributed by atoms with E-state index in [1.165, 1.54) is 4.90 Å². The Morgan fingerprint density at radius 3 is 2.93 bits per heavy atom. The molecule has 0 spiro atoms. The van der Waals surface area contributed by atoms with Crippen LogP contribution in [0.15, 0.2) is 23.1 Å². The molecule has 74 valence electrons. The second-order valence-corrected chi connectivity index (χ2v) is 5.13. The number of thioether (sulfide) groups is 1. The molecule has 14 heavy (non-hydrogen) atoms. The van der Waals surface area contributed by atoms with Gasteiger partial charge in [-0.15, -0.1) is 34.7 Å². The van der Waals surface area contributed by atoms with Crippen molar-refractivity contribution in [2.24, 2.45) is 0 Å². The highest BCUT2D eigenvalue weighted by atomic mass is 35.5. The molecule has 0 aliphatic rings. The largest absolute Gasteiger partial charge is 0.507 e. The van der Waals surface area contributed by atoms with E-state index in [2.05, 4.69) is 0 Å². The molecule has 1 nitrogen and oxygen atoms in total. The van der Waals surface area contributed by atoms with Crippen molar-refractivity contribution in [2.45, 2.75) is 10.8 Å². The lowest BCUT2D eigenvalue weighted by Crippen LogP contribution is -1.71. The summed E-state index contributed by atoms with van der Waals surface area (Å²) in [5, 5.41) is 10.6. The Balaban J connectivity index is 2.74. The molecule has 2 aromatic rings. The number of alkyl halides is 1. The van der Waals surface area contributed by atoms with E-state index in [0.29, 0.717) is 11.6 Å². The number of aromatic hydroxyl groups is 1. The van der Waals surface area contributed by atoms with Gasteiger partial charge in [0.05, 0.1) is 10.6 Å². The van der Waals surface area contributed by atoms with Crippen LogP contribution >= 0.6 is 34.7 Å². The number of hydrogen-bond acceptors (Lipinski definition) is 3. The van der Waals surface area contributed by atoms with Gasteiger partial charge in [0.15, 0.2) is 0 Å². The van der Waals surface area contributed by atoms with Gasteiger partial charge in [0.2, 0.25) is 0 Å². The van der Waals surface area contributed by atoms with E-state index in [1.54, 1.807) is 29.2 Å². The Labute approximate surface area is 95.7 Å². The molecule has 0 aliphatic heterocycles. The van der Waals surface area contributed by atoms with E-state index >= 15 is 0 Å². The molecule has 1 aromatic heterocycles. The van der Waals surface area contributed by atoms with Crippen LogP contribution < -0.4 is 0 Å². The standard InChI is InChI=1S/C10H9ClOS2/c1-13-9-3-2-8(12)7-4-6(5-11)14-10(7)9/h2-4,12H,5H2,1H3. The summed E-state index contributed by atoms with van der Waals surface area (Å²) >= 11 is 9.11. The zero-order chi connectivity index (χ0) is 10.1. The van der Waals surface area contributed by atoms with Gasteiger partial charge >= 0.3 is 0 Å². The first-order chi connectivity index (χ1) is 6.76. The highest BCUT2D eigenvalue weighted by Crippen LogP contribution is 2.38. The molecule has 1 heterocycles. The first-order valence-corrected chi connectivity index (χ1v) is 6.68. The van der Waals surface area contributed by atoms with Crippen LogP contribution in [0.5, 0.6) is 5.75 Å². The molecular weight excluding hydrogens is 236 g/mol. The summed E-state index contributed by atoms with van der Waals surface area (Å²) in [5.41, 5.74) is 0. The van der Waals surface area contributed by atoms with Gasteiger partial charge in [-0.25, -0.2) is 0 Å². The fourth-order valence-electron chi connectivity index (χ4n) is 1.36. The van der Waals surface area contributed by atoms with Crippen molar-refractivity contribution in [1.29, 1.82) is 0 Å². The van der Waals surface area contributed by atoms with E-state index in [0.717, 1.165) is 15.0 Å². The number of hydrogen-bond donors (Lipinski definition) is 1. The average Bonchev–Trinajstić information content (AvgIpc) is 2.63. The van der Waals surface area contributed by atoms with Crippen LogP contribution in [-0.4, -0.2) is 11.4 Å². The van der Waals surface area contributed by atoms with Crippen molar-refractivity contribution in [3.05, 3.63) is 23.1 Å². The Hall–Kier alpha value is -0.380. The minimum atomic E-state index is 0.338. The molecule has 1 N–H and O–H groups in total. The minimum absolute atomic E-state index is 0.338. The van der Waals surface area contributed by atoms with Crippen molar-refractivity contribution >= 4 is 44.8 Å². The second-order valence-electron chi connectivity index (χ2n) is 2.88. The van der Waals surface area contributed by atoms with Gasteiger partial charge in [-0.1, -0.05) is 0 Å². The number of fused-ring (bicyclic) bond motifs is 1. The van der Waals surface area contributed by atoms with Crippen molar-refractivity contribution in [3.8, 4) is 5.75 Å². The molecule has 0 fully saturated rings. The van der Waals surface area contributed by atoms with Crippen LogP contribution in [0.3, 0.4) is 0 Å². The Morgan fingerprint density at radius 2 is 2.29 bits per heavy atom. The number of halogens is 1. The van der Waals surface area contributed by atoms with E-state index in [-0.39, 0.29) is 0 Å². The lowest BCUT2D eigenvalue weighted by molar-refractivity contribution is 0.481. The maximum absolute atomic E-state index is 9.65. The topological polar surface area (TPSA) is 20.2 Å². The summed E-state index contributed by atoms with van der Waals surface area (Å²) in [6, 6.07) is 5.64. The smallest absolute Gasteiger partial charge is 0.124 e. The van der Waals surface area contributed by atoms with Crippen LogP contribution in [0.4, 0.5) is 0 Å². The zero-order valence-electron chi connectivity index (χ0n) is 7.58. The summed E-state index contributed by atoms with van der Waals surface area (Å²) in [4.78, 5) is 2.29. The summed E-state index contributed by atoms with van der Waals surface area (Å²) < 4.78 is 1.13. The molecule has 0 bridgehead atoms. The third-order valence-electron chi connectivity index (χ3n) is 2.03. The van der Waals surface area contributed by atoms with Gasteiger partial charge in [0.25, 0.3) is 0 Å².